The zero-order valence-electron chi connectivity index (χ0n) is 15.7. The van der Waals surface area contributed by atoms with Gasteiger partial charge in [-0.3, -0.25) is 10.1 Å². The molecule has 1 aromatic carbocycles. The maximum atomic E-state index is 12.8. The number of nitro groups is 1. The van der Waals surface area contributed by atoms with E-state index >= 15 is 0 Å². The Hall–Kier alpha value is -2.15. The van der Waals surface area contributed by atoms with Crippen molar-refractivity contribution >= 4 is 29.0 Å². The van der Waals surface area contributed by atoms with Gasteiger partial charge < -0.3 is 15.8 Å². The molecule has 1 aliphatic rings. The van der Waals surface area contributed by atoms with Crippen LogP contribution in [0.25, 0.3) is 0 Å². The monoisotopic (exact) mass is 429 g/mol. The van der Waals surface area contributed by atoms with E-state index in [-0.39, 0.29) is 42.4 Å². The van der Waals surface area contributed by atoms with E-state index in [0.717, 1.165) is 6.42 Å². The van der Waals surface area contributed by atoms with Gasteiger partial charge in [-0.1, -0.05) is 25.0 Å². The van der Waals surface area contributed by atoms with Crippen LogP contribution in [0, 0.1) is 16.0 Å². The lowest BCUT2D eigenvalue weighted by atomic mass is 9.82. The summed E-state index contributed by atoms with van der Waals surface area (Å²) < 4.78 is 26.8. The largest absolute Gasteiger partial charge is 0.451 e. The number of nitrogens with zero attached hydrogens (tertiary/aromatic N) is 2. The SMILES string of the molecule is NC(CCCCB(O)O)C1CCN(S(=O)(=O)c2ccccc2[N+](=O)[O-])C1.O=C=O. The van der Waals surface area contributed by atoms with E-state index in [4.69, 9.17) is 25.4 Å². The second-order valence-corrected chi connectivity index (χ2v) is 8.56. The fourth-order valence-corrected chi connectivity index (χ4v) is 4.90. The number of para-hydroxylation sites is 1. The summed E-state index contributed by atoms with van der Waals surface area (Å²) in [6.45, 7) is 0.514. The van der Waals surface area contributed by atoms with Gasteiger partial charge in [-0.2, -0.15) is 13.9 Å². The number of unbranched alkanes of at least 4 members (excludes halogenated alkanes) is 1. The van der Waals surface area contributed by atoms with E-state index in [1.165, 1.54) is 28.6 Å². The van der Waals surface area contributed by atoms with Crippen LogP contribution in [0.15, 0.2) is 29.2 Å². The van der Waals surface area contributed by atoms with Crippen LogP contribution in [0.1, 0.15) is 25.7 Å². The number of rotatable bonds is 9. The Morgan fingerprint density at radius 1 is 1.31 bits per heavy atom. The normalized spacial score (nSPS) is 17.7. The lowest BCUT2D eigenvalue weighted by Gasteiger charge is -2.20. The summed E-state index contributed by atoms with van der Waals surface area (Å²) in [5.41, 5.74) is 5.74. The number of nitro benzene ring substituents is 1. The molecule has 1 fully saturated rings. The Morgan fingerprint density at radius 3 is 2.52 bits per heavy atom. The van der Waals surface area contributed by atoms with Crippen molar-refractivity contribution in [2.75, 3.05) is 13.1 Å². The standard InChI is InChI=1S/C15H24BN3O6S.CO2/c17-13(5-3-4-9-16(20)21)12-8-10-18(11-12)26(24,25)15-7-2-1-6-14(15)19(22)23;2-1-3/h1-2,6-7,12-13,20-21H,3-5,8-11,17H2;. The van der Waals surface area contributed by atoms with Gasteiger partial charge in [0.15, 0.2) is 4.90 Å². The minimum absolute atomic E-state index is 0.0217. The molecule has 0 aliphatic carbocycles. The van der Waals surface area contributed by atoms with Gasteiger partial charge in [-0.25, -0.2) is 8.42 Å². The van der Waals surface area contributed by atoms with Crippen molar-refractivity contribution in [3.63, 3.8) is 0 Å². The van der Waals surface area contributed by atoms with Crippen LogP contribution < -0.4 is 5.73 Å². The zero-order valence-corrected chi connectivity index (χ0v) is 16.5. The molecular formula is C16H24BN3O8S. The number of carbonyl (C=O) groups excluding carboxylic acids is 2. The highest BCUT2D eigenvalue weighted by Crippen LogP contribution is 2.31. The molecule has 0 radical (unpaired) electrons. The van der Waals surface area contributed by atoms with Crippen LogP contribution in [0.5, 0.6) is 0 Å². The summed E-state index contributed by atoms with van der Waals surface area (Å²) in [4.78, 5) is 26.4. The molecule has 160 valence electrons. The Morgan fingerprint density at radius 2 is 1.93 bits per heavy atom. The summed E-state index contributed by atoms with van der Waals surface area (Å²) in [6.07, 6.45) is 3.17. The molecule has 0 aromatic heterocycles. The van der Waals surface area contributed by atoms with E-state index in [9.17, 15) is 18.5 Å². The predicted octanol–water partition coefficient (Wildman–Crippen LogP) is -0.00770. The van der Waals surface area contributed by atoms with Gasteiger partial charge in [0.25, 0.3) is 5.69 Å². The lowest BCUT2D eigenvalue weighted by Crippen LogP contribution is -2.35. The van der Waals surface area contributed by atoms with E-state index in [1.807, 2.05) is 0 Å². The topological polar surface area (TPSA) is 181 Å². The smallest absolute Gasteiger partial charge is 0.427 e. The fraction of sp³-hybridized carbons (Fsp3) is 0.562. The molecule has 4 N–H and O–H groups in total. The molecular weight excluding hydrogens is 405 g/mol. The number of hydrogen-bond acceptors (Lipinski definition) is 9. The van der Waals surface area contributed by atoms with Crippen LogP contribution in [-0.4, -0.2) is 60.1 Å². The van der Waals surface area contributed by atoms with Crippen molar-refractivity contribution in [3.05, 3.63) is 34.4 Å². The summed E-state index contributed by atoms with van der Waals surface area (Å²) in [5.74, 6) is -0.0217. The Bertz CT molecular complexity index is 814. The quantitative estimate of drug-likeness (QED) is 0.210. The highest BCUT2D eigenvalue weighted by Gasteiger charge is 2.37. The molecule has 29 heavy (non-hydrogen) atoms. The van der Waals surface area contributed by atoms with Crippen LogP contribution in [-0.2, 0) is 19.6 Å². The van der Waals surface area contributed by atoms with Crippen LogP contribution in [0.4, 0.5) is 5.69 Å². The first-order chi connectivity index (χ1) is 13.6. The summed E-state index contributed by atoms with van der Waals surface area (Å²) >= 11 is 0. The maximum Gasteiger partial charge on any atom is 0.451 e. The lowest BCUT2D eigenvalue weighted by molar-refractivity contribution is -0.387. The van der Waals surface area contributed by atoms with Gasteiger partial charge in [-0.15, -0.1) is 0 Å². The predicted molar refractivity (Wildman–Crippen MR) is 102 cm³/mol. The summed E-state index contributed by atoms with van der Waals surface area (Å²) in [7, 11) is -5.27. The number of benzene rings is 1. The highest BCUT2D eigenvalue weighted by atomic mass is 32.2. The summed E-state index contributed by atoms with van der Waals surface area (Å²) in [6, 6.07) is 5.14. The minimum Gasteiger partial charge on any atom is -0.427 e. The van der Waals surface area contributed by atoms with Crippen molar-refractivity contribution in [2.24, 2.45) is 11.7 Å². The van der Waals surface area contributed by atoms with Gasteiger partial charge in [-0.05, 0) is 31.1 Å². The van der Waals surface area contributed by atoms with Crippen LogP contribution in [0.2, 0.25) is 6.32 Å². The maximum absolute atomic E-state index is 12.8. The van der Waals surface area contributed by atoms with E-state index < -0.39 is 27.8 Å². The van der Waals surface area contributed by atoms with Crippen molar-refractivity contribution in [1.29, 1.82) is 0 Å². The molecule has 2 atom stereocenters. The van der Waals surface area contributed by atoms with Crippen molar-refractivity contribution < 1.29 is 33.0 Å². The van der Waals surface area contributed by atoms with Crippen molar-refractivity contribution in [1.82, 2.24) is 4.31 Å². The molecule has 0 spiro atoms. The van der Waals surface area contributed by atoms with Crippen LogP contribution >= 0.6 is 0 Å². The average Bonchev–Trinajstić information content (AvgIpc) is 3.16. The number of nitrogens with two attached hydrogens (primary N) is 1. The van der Waals surface area contributed by atoms with Gasteiger partial charge in [0.2, 0.25) is 10.0 Å². The molecule has 0 amide bonds. The fourth-order valence-electron chi connectivity index (χ4n) is 3.23. The Balaban J connectivity index is 0.00000132. The molecule has 13 heteroatoms. The third-order valence-corrected chi connectivity index (χ3v) is 6.64. The Labute approximate surface area is 168 Å². The molecule has 11 nitrogen and oxygen atoms in total. The molecule has 1 heterocycles. The third kappa shape index (κ3) is 7.31. The Kier molecular flexibility index (Phi) is 10.1. The van der Waals surface area contributed by atoms with E-state index in [2.05, 4.69) is 0 Å². The third-order valence-electron chi connectivity index (χ3n) is 4.72. The molecule has 1 aromatic rings. The van der Waals surface area contributed by atoms with Crippen LogP contribution in [0.3, 0.4) is 0 Å². The average molecular weight is 429 g/mol. The van der Waals surface area contributed by atoms with Gasteiger partial charge in [0.1, 0.15) is 0 Å². The molecule has 0 bridgehead atoms. The second-order valence-electron chi connectivity index (χ2n) is 6.65. The molecule has 0 saturated carbocycles. The van der Waals surface area contributed by atoms with Gasteiger partial charge in [0.05, 0.1) is 4.92 Å². The molecule has 1 saturated heterocycles. The number of sulfonamides is 1. The molecule has 2 unspecified atom stereocenters. The second kappa shape index (κ2) is 11.8. The zero-order chi connectivity index (χ0) is 22.0. The first kappa shape index (κ1) is 24.9. The molecule has 1 aliphatic heterocycles. The van der Waals surface area contributed by atoms with Gasteiger partial charge >= 0.3 is 13.3 Å². The first-order valence-electron chi connectivity index (χ1n) is 8.99. The molecule has 2 rings (SSSR count). The van der Waals surface area contributed by atoms with Crippen molar-refractivity contribution in [2.45, 2.75) is 42.9 Å². The highest BCUT2D eigenvalue weighted by molar-refractivity contribution is 7.89. The van der Waals surface area contributed by atoms with E-state index in [0.29, 0.717) is 19.3 Å². The van der Waals surface area contributed by atoms with Gasteiger partial charge in [0, 0.05) is 25.2 Å². The van der Waals surface area contributed by atoms with Crippen molar-refractivity contribution in [3.8, 4) is 0 Å². The minimum atomic E-state index is -3.95. The van der Waals surface area contributed by atoms with E-state index in [1.54, 1.807) is 0 Å². The summed E-state index contributed by atoms with van der Waals surface area (Å²) in [5, 5.41) is 28.8. The first-order valence-corrected chi connectivity index (χ1v) is 10.4. The number of hydrogen-bond donors (Lipinski definition) is 3.